The Morgan fingerprint density at radius 3 is 2.62 bits per heavy atom. The molecule has 1 heteroatoms. The van der Waals surface area contributed by atoms with Crippen LogP contribution < -0.4 is 5.73 Å². The van der Waals surface area contributed by atoms with Crippen LogP contribution in [0.25, 0.3) is 0 Å². The highest BCUT2D eigenvalue weighted by molar-refractivity contribution is 5.31. The minimum absolute atomic E-state index is 1.12. The monoisotopic (exact) mass is 111 g/mol. The van der Waals surface area contributed by atoms with Crippen molar-refractivity contribution in [2.75, 3.05) is 0 Å². The van der Waals surface area contributed by atoms with Crippen molar-refractivity contribution in [1.29, 1.82) is 0 Å². The van der Waals surface area contributed by atoms with Gasteiger partial charge in [0.2, 0.25) is 0 Å². The smallest absolute Gasteiger partial charge is 0.0118 e. The molecular formula is C7H13N. The highest BCUT2D eigenvalue weighted by Crippen LogP contribution is 2.29. The summed E-state index contributed by atoms with van der Waals surface area (Å²) in [5.74, 6) is 0. The van der Waals surface area contributed by atoms with Crippen molar-refractivity contribution in [2.45, 2.75) is 32.6 Å². The van der Waals surface area contributed by atoms with E-state index in [1.165, 1.54) is 24.8 Å². The maximum Gasteiger partial charge on any atom is 0.0118 e. The van der Waals surface area contributed by atoms with Gasteiger partial charge in [-0.15, -0.1) is 0 Å². The van der Waals surface area contributed by atoms with Crippen LogP contribution in [0.1, 0.15) is 32.6 Å². The van der Waals surface area contributed by atoms with Crippen LogP contribution >= 0.6 is 0 Å². The molecule has 1 aliphatic carbocycles. The van der Waals surface area contributed by atoms with Crippen LogP contribution in [0.5, 0.6) is 0 Å². The van der Waals surface area contributed by atoms with E-state index in [1.807, 2.05) is 0 Å². The Kier molecular flexibility index (Phi) is 1.56. The van der Waals surface area contributed by atoms with E-state index < -0.39 is 0 Å². The molecule has 46 valence electrons. The molecule has 0 unspecified atom stereocenters. The van der Waals surface area contributed by atoms with Crippen LogP contribution in [0.2, 0.25) is 0 Å². The molecule has 0 aliphatic heterocycles. The van der Waals surface area contributed by atoms with E-state index in [-0.39, 0.29) is 0 Å². The van der Waals surface area contributed by atoms with Gasteiger partial charge in [-0.2, -0.15) is 0 Å². The van der Waals surface area contributed by atoms with Crippen molar-refractivity contribution < 1.29 is 0 Å². The predicted octanol–water partition coefficient (Wildman–Crippen LogP) is 1.79. The van der Waals surface area contributed by atoms with Crippen molar-refractivity contribution in [3.63, 3.8) is 0 Å². The molecule has 1 aliphatic rings. The van der Waals surface area contributed by atoms with Crippen LogP contribution in [0.3, 0.4) is 0 Å². The standard InChI is InChI=1S/C7H13N/c1-2-3-4-6-5-7(6)8/h2-5,8H2,1H3. The minimum atomic E-state index is 1.12. The van der Waals surface area contributed by atoms with E-state index in [0.29, 0.717) is 0 Å². The second kappa shape index (κ2) is 2.21. The van der Waals surface area contributed by atoms with Crippen LogP contribution in [0.15, 0.2) is 11.3 Å². The molecule has 0 saturated carbocycles. The van der Waals surface area contributed by atoms with Crippen LogP contribution in [0.4, 0.5) is 0 Å². The topological polar surface area (TPSA) is 26.0 Å². The Labute approximate surface area is 50.6 Å². The van der Waals surface area contributed by atoms with E-state index in [0.717, 1.165) is 12.1 Å². The third-order valence-electron chi connectivity index (χ3n) is 1.57. The van der Waals surface area contributed by atoms with Crippen LogP contribution in [0, 0.1) is 0 Å². The highest BCUT2D eigenvalue weighted by Gasteiger charge is 2.15. The van der Waals surface area contributed by atoms with Crippen molar-refractivity contribution in [3.8, 4) is 0 Å². The van der Waals surface area contributed by atoms with Crippen molar-refractivity contribution >= 4 is 0 Å². The minimum Gasteiger partial charge on any atom is -0.402 e. The van der Waals surface area contributed by atoms with E-state index in [9.17, 15) is 0 Å². The average molecular weight is 111 g/mol. The summed E-state index contributed by atoms with van der Waals surface area (Å²) in [5, 5.41) is 0. The van der Waals surface area contributed by atoms with Gasteiger partial charge in [0.15, 0.2) is 0 Å². The zero-order chi connectivity index (χ0) is 5.98. The lowest BCUT2D eigenvalue weighted by Crippen LogP contribution is -1.77. The third kappa shape index (κ3) is 1.25. The van der Waals surface area contributed by atoms with Gasteiger partial charge in [0.25, 0.3) is 0 Å². The summed E-state index contributed by atoms with van der Waals surface area (Å²) >= 11 is 0. The van der Waals surface area contributed by atoms with Gasteiger partial charge in [0.05, 0.1) is 0 Å². The number of rotatable bonds is 3. The summed E-state index contributed by atoms with van der Waals surface area (Å²) in [6.07, 6.45) is 4.98. The Morgan fingerprint density at radius 1 is 1.62 bits per heavy atom. The first-order chi connectivity index (χ1) is 3.84. The van der Waals surface area contributed by atoms with Gasteiger partial charge in [-0.3, -0.25) is 0 Å². The van der Waals surface area contributed by atoms with Crippen molar-refractivity contribution in [2.24, 2.45) is 5.73 Å². The summed E-state index contributed by atoms with van der Waals surface area (Å²) in [6.45, 7) is 2.21. The Morgan fingerprint density at radius 2 is 2.25 bits per heavy atom. The number of unbranched alkanes of at least 4 members (excludes halogenated alkanes) is 1. The molecule has 0 aromatic heterocycles. The summed E-state index contributed by atoms with van der Waals surface area (Å²) in [4.78, 5) is 0. The van der Waals surface area contributed by atoms with E-state index in [2.05, 4.69) is 6.92 Å². The maximum absolute atomic E-state index is 5.49. The Balaban J connectivity index is 2.05. The molecule has 0 fully saturated rings. The second-order valence-electron chi connectivity index (χ2n) is 2.41. The predicted molar refractivity (Wildman–Crippen MR) is 35.4 cm³/mol. The van der Waals surface area contributed by atoms with Crippen LogP contribution in [-0.4, -0.2) is 0 Å². The van der Waals surface area contributed by atoms with Gasteiger partial charge in [-0.1, -0.05) is 13.3 Å². The molecule has 1 rings (SSSR count). The average Bonchev–Trinajstić information content (AvgIpc) is 2.42. The summed E-state index contributed by atoms with van der Waals surface area (Å²) < 4.78 is 0. The molecule has 0 bridgehead atoms. The van der Waals surface area contributed by atoms with E-state index >= 15 is 0 Å². The van der Waals surface area contributed by atoms with Gasteiger partial charge in [-0.05, 0) is 18.4 Å². The maximum atomic E-state index is 5.49. The molecule has 0 heterocycles. The fourth-order valence-corrected chi connectivity index (χ4v) is 0.825. The van der Waals surface area contributed by atoms with Crippen molar-refractivity contribution in [1.82, 2.24) is 0 Å². The van der Waals surface area contributed by atoms with Crippen LogP contribution in [-0.2, 0) is 0 Å². The zero-order valence-electron chi connectivity index (χ0n) is 5.41. The Hall–Kier alpha value is -0.460. The van der Waals surface area contributed by atoms with E-state index in [4.69, 9.17) is 5.73 Å². The third-order valence-corrected chi connectivity index (χ3v) is 1.57. The van der Waals surface area contributed by atoms with Gasteiger partial charge in [0.1, 0.15) is 0 Å². The molecule has 0 radical (unpaired) electrons. The first-order valence-corrected chi connectivity index (χ1v) is 3.31. The molecule has 0 saturated heterocycles. The molecule has 0 spiro atoms. The fraction of sp³-hybridized carbons (Fsp3) is 0.714. The lowest BCUT2D eigenvalue weighted by molar-refractivity contribution is 0.799. The molecule has 0 aromatic carbocycles. The molecular weight excluding hydrogens is 98.1 g/mol. The quantitative estimate of drug-likeness (QED) is 0.590. The number of hydrogen-bond donors (Lipinski definition) is 1. The second-order valence-corrected chi connectivity index (χ2v) is 2.41. The Bertz CT molecular complexity index is 114. The summed E-state index contributed by atoms with van der Waals surface area (Å²) in [5.41, 5.74) is 8.14. The van der Waals surface area contributed by atoms with Gasteiger partial charge < -0.3 is 5.73 Å². The van der Waals surface area contributed by atoms with E-state index in [1.54, 1.807) is 0 Å². The molecule has 0 atom stereocenters. The first-order valence-electron chi connectivity index (χ1n) is 3.31. The molecule has 0 amide bonds. The van der Waals surface area contributed by atoms with Gasteiger partial charge in [-0.25, -0.2) is 0 Å². The number of hydrogen-bond acceptors (Lipinski definition) is 1. The number of allylic oxidation sites excluding steroid dienone is 2. The zero-order valence-corrected chi connectivity index (χ0v) is 5.41. The molecule has 0 aromatic rings. The molecule has 1 nitrogen and oxygen atoms in total. The number of nitrogens with two attached hydrogens (primary N) is 1. The SMILES string of the molecule is CCCCC1=C(N)C1. The lowest BCUT2D eigenvalue weighted by atomic mass is 10.2. The highest BCUT2D eigenvalue weighted by atomic mass is 14.6. The molecule has 8 heavy (non-hydrogen) atoms. The van der Waals surface area contributed by atoms with Gasteiger partial charge >= 0.3 is 0 Å². The first kappa shape index (κ1) is 5.67. The summed E-state index contributed by atoms with van der Waals surface area (Å²) in [7, 11) is 0. The fourth-order valence-electron chi connectivity index (χ4n) is 0.825. The summed E-state index contributed by atoms with van der Waals surface area (Å²) in [6, 6.07) is 0. The van der Waals surface area contributed by atoms with Gasteiger partial charge in [0, 0.05) is 12.1 Å². The largest absolute Gasteiger partial charge is 0.402 e. The normalized spacial score (nSPS) is 17.1. The lowest BCUT2D eigenvalue weighted by Gasteiger charge is -1.85. The molecule has 2 N–H and O–H groups in total. The van der Waals surface area contributed by atoms with Crippen molar-refractivity contribution in [3.05, 3.63) is 11.3 Å².